The molecular formula is C11H16N4O. The third-order valence-corrected chi connectivity index (χ3v) is 2.69. The Morgan fingerprint density at radius 3 is 2.88 bits per heavy atom. The molecule has 1 aromatic rings. The van der Waals surface area contributed by atoms with E-state index in [4.69, 9.17) is 5.73 Å². The van der Waals surface area contributed by atoms with Gasteiger partial charge in [0.2, 0.25) is 0 Å². The van der Waals surface area contributed by atoms with Gasteiger partial charge in [-0.3, -0.25) is 4.79 Å². The molecule has 1 aromatic heterocycles. The minimum atomic E-state index is -0.178. The normalized spacial score (nSPS) is 14.8. The smallest absolute Gasteiger partial charge is 0.271 e. The third kappa shape index (κ3) is 3.18. The number of rotatable bonds is 5. The molecule has 0 saturated heterocycles. The molecule has 1 fully saturated rings. The number of amides is 1. The van der Waals surface area contributed by atoms with Gasteiger partial charge in [0.25, 0.3) is 5.91 Å². The highest BCUT2D eigenvalue weighted by Crippen LogP contribution is 2.33. The number of anilines is 1. The van der Waals surface area contributed by atoms with Crippen molar-refractivity contribution in [3.8, 4) is 0 Å². The van der Waals surface area contributed by atoms with Crippen LogP contribution in [0.5, 0.6) is 0 Å². The summed E-state index contributed by atoms with van der Waals surface area (Å²) in [6.07, 6.45) is 4.97. The van der Waals surface area contributed by atoms with E-state index < -0.39 is 0 Å². The number of hydrogen-bond acceptors (Lipinski definition) is 4. The topological polar surface area (TPSA) is 80.9 Å². The Balaban J connectivity index is 1.71. The van der Waals surface area contributed by atoms with Crippen LogP contribution >= 0.6 is 0 Å². The Bertz CT molecular complexity index is 359. The average Bonchev–Trinajstić information content (AvgIpc) is 3.09. The Kier molecular flexibility index (Phi) is 3.34. The van der Waals surface area contributed by atoms with Crippen LogP contribution in [-0.4, -0.2) is 22.6 Å². The van der Waals surface area contributed by atoms with E-state index in [9.17, 15) is 4.79 Å². The second kappa shape index (κ2) is 4.92. The van der Waals surface area contributed by atoms with Crippen molar-refractivity contribution in [2.45, 2.75) is 25.7 Å². The van der Waals surface area contributed by atoms with Crippen molar-refractivity contribution in [3.63, 3.8) is 0 Å². The summed E-state index contributed by atoms with van der Waals surface area (Å²) in [7, 11) is 0. The van der Waals surface area contributed by atoms with Gasteiger partial charge in [-0.25, -0.2) is 0 Å². The number of nitrogen functional groups attached to an aromatic ring is 1. The molecule has 5 nitrogen and oxygen atoms in total. The zero-order chi connectivity index (χ0) is 11.4. The minimum Gasteiger partial charge on any atom is -0.382 e. The van der Waals surface area contributed by atoms with Crippen molar-refractivity contribution in [1.29, 1.82) is 0 Å². The van der Waals surface area contributed by atoms with Gasteiger partial charge >= 0.3 is 0 Å². The van der Waals surface area contributed by atoms with E-state index in [2.05, 4.69) is 15.5 Å². The van der Waals surface area contributed by atoms with Crippen LogP contribution in [0.4, 0.5) is 5.82 Å². The molecule has 0 spiro atoms. The molecule has 86 valence electrons. The predicted molar refractivity (Wildman–Crippen MR) is 60.7 cm³/mol. The zero-order valence-electron chi connectivity index (χ0n) is 9.15. The number of hydrogen-bond donors (Lipinski definition) is 2. The van der Waals surface area contributed by atoms with Crippen LogP contribution in [-0.2, 0) is 0 Å². The Morgan fingerprint density at radius 1 is 1.44 bits per heavy atom. The molecular weight excluding hydrogens is 204 g/mol. The van der Waals surface area contributed by atoms with Gasteiger partial charge in [-0.2, -0.15) is 0 Å². The lowest BCUT2D eigenvalue weighted by Crippen LogP contribution is -2.25. The van der Waals surface area contributed by atoms with Crippen LogP contribution in [0.3, 0.4) is 0 Å². The average molecular weight is 220 g/mol. The lowest BCUT2D eigenvalue weighted by molar-refractivity contribution is 0.0947. The predicted octanol–water partition coefficient (Wildman–Crippen LogP) is 0.979. The molecule has 16 heavy (non-hydrogen) atoms. The molecule has 0 aliphatic heterocycles. The molecule has 1 aliphatic carbocycles. The van der Waals surface area contributed by atoms with Crippen molar-refractivity contribution >= 4 is 11.7 Å². The molecule has 3 N–H and O–H groups in total. The highest BCUT2D eigenvalue weighted by molar-refractivity contribution is 5.92. The van der Waals surface area contributed by atoms with Gasteiger partial charge in [0.05, 0.1) is 0 Å². The maximum atomic E-state index is 11.6. The number of aromatic nitrogens is 2. The van der Waals surface area contributed by atoms with Crippen LogP contribution < -0.4 is 11.1 Å². The van der Waals surface area contributed by atoms with Gasteiger partial charge in [-0.15, -0.1) is 10.2 Å². The Hall–Kier alpha value is -1.65. The third-order valence-electron chi connectivity index (χ3n) is 2.69. The number of nitrogens with two attached hydrogens (primary N) is 1. The number of carbonyl (C=O) groups excluding carboxylic acids is 1. The highest BCUT2D eigenvalue weighted by Gasteiger charge is 2.20. The first kappa shape index (κ1) is 10.9. The minimum absolute atomic E-state index is 0.178. The summed E-state index contributed by atoms with van der Waals surface area (Å²) < 4.78 is 0. The van der Waals surface area contributed by atoms with Gasteiger partial charge in [-0.05, 0) is 30.9 Å². The van der Waals surface area contributed by atoms with Crippen LogP contribution in [0, 0.1) is 5.92 Å². The number of nitrogens with one attached hydrogen (secondary N) is 1. The fourth-order valence-electron chi connectivity index (χ4n) is 1.55. The van der Waals surface area contributed by atoms with Crippen LogP contribution in [0.2, 0.25) is 0 Å². The van der Waals surface area contributed by atoms with Gasteiger partial charge in [0.15, 0.2) is 5.69 Å². The molecule has 1 aliphatic rings. The maximum Gasteiger partial charge on any atom is 0.271 e. The van der Waals surface area contributed by atoms with Crippen LogP contribution in [0.15, 0.2) is 12.1 Å². The lowest BCUT2D eigenvalue weighted by atomic mass is 10.2. The first-order valence-electron chi connectivity index (χ1n) is 5.63. The number of nitrogens with zero attached hydrogens (tertiary/aromatic N) is 2. The second-order valence-electron chi connectivity index (χ2n) is 4.18. The molecule has 0 aromatic carbocycles. The summed E-state index contributed by atoms with van der Waals surface area (Å²) in [6, 6.07) is 3.16. The lowest BCUT2D eigenvalue weighted by Gasteiger charge is -2.03. The van der Waals surface area contributed by atoms with Crippen molar-refractivity contribution in [2.75, 3.05) is 12.3 Å². The standard InChI is InChI=1S/C11H16N4O/c12-10-6-5-9(14-15-10)11(16)13-7-1-2-8-3-4-8/h5-6,8H,1-4,7H2,(H2,12,15)(H,13,16). The summed E-state index contributed by atoms with van der Waals surface area (Å²) >= 11 is 0. The fraction of sp³-hybridized carbons (Fsp3) is 0.545. The highest BCUT2D eigenvalue weighted by atomic mass is 16.1. The Labute approximate surface area is 94.4 Å². The Morgan fingerprint density at radius 2 is 2.25 bits per heavy atom. The summed E-state index contributed by atoms with van der Waals surface area (Å²) in [5, 5.41) is 10.2. The fourth-order valence-corrected chi connectivity index (χ4v) is 1.55. The quantitative estimate of drug-likeness (QED) is 0.725. The molecule has 0 atom stereocenters. The summed E-state index contributed by atoms with van der Waals surface area (Å²) in [5.74, 6) is 1.06. The van der Waals surface area contributed by atoms with E-state index in [0.717, 1.165) is 12.3 Å². The van der Waals surface area contributed by atoms with E-state index in [-0.39, 0.29) is 5.91 Å². The van der Waals surface area contributed by atoms with Gasteiger partial charge in [0, 0.05) is 6.54 Å². The van der Waals surface area contributed by atoms with E-state index in [0.29, 0.717) is 18.1 Å². The second-order valence-corrected chi connectivity index (χ2v) is 4.18. The first-order valence-corrected chi connectivity index (χ1v) is 5.63. The van der Waals surface area contributed by atoms with Crippen molar-refractivity contribution < 1.29 is 4.79 Å². The van der Waals surface area contributed by atoms with E-state index in [1.807, 2.05) is 0 Å². The molecule has 0 radical (unpaired) electrons. The zero-order valence-corrected chi connectivity index (χ0v) is 9.15. The van der Waals surface area contributed by atoms with Gasteiger partial charge < -0.3 is 11.1 Å². The molecule has 1 saturated carbocycles. The molecule has 1 heterocycles. The summed E-state index contributed by atoms with van der Waals surface area (Å²) in [6.45, 7) is 0.710. The van der Waals surface area contributed by atoms with E-state index in [1.54, 1.807) is 12.1 Å². The monoisotopic (exact) mass is 220 g/mol. The molecule has 0 unspecified atom stereocenters. The molecule has 5 heteroatoms. The number of carbonyl (C=O) groups is 1. The van der Waals surface area contributed by atoms with Crippen LogP contribution in [0.25, 0.3) is 0 Å². The van der Waals surface area contributed by atoms with Crippen molar-refractivity contribution in [3.05, 3.63) is 17.8 Å². The van der Waals surface area contributed by atoms with E-state index in [1.165, 1.54) is 19.3 Å². The molecule has 0 bridgehead atoms. The molecule has 1 amide bonds. The van der Waals surface area contributed by atoms with Crippen LogP contribution in [0.1, 0.15) is 36.2 Å². The van der Waals surface area contributed by atoms with Gasteiger partial charge in [-0.1, -0.05) is 12.8 Å². The van der Waals surface area contributed by atoms with Gasteiger partial charge in [0.1, 0.15) is 5.82 Å². The largest absolute Gasteiger partial charge is 0.382 e. The summed E-state index contributed by atoms with van der Waals surface area (Å²) in [4.78, 5) is 11.6. The first-order chi connectivity index (χ1) is 7.75. The maximum absolute atomic E-state index is 11.6. The van der Waals surface area contributed by atoms with E-state index >= 15 is 0 Å². The SMILES string of the molecule is Nc1ccc(C(=O)NCCCC2CC2)nn1. The van der Waals surface area contributed by atoms with Crippen molar-refractivity contribution in [1.82, 2.24) is 15.5 Å². The van der Waals surface area contributed by atoms with Crippen molar-refractivity contribution in [2.24, 2.45) is 5.92 Å². The molecule has 2 rings (SSSR count). The summed E-state index contributed by atoms with van der Waals surface area (Å²) in [5.41, 5.74) is 5.70.